The van der Waals surface area contributed by atoms with Gasteiger partial charge in [-0.3, -0.25) is 4.79 Å². The molecule has 1 heterocycles. The van der Waals surface area contributed by atoms with Gasteiger partial charge < -0.3 is 15.5 Å². The molecule has 0 atom stereocenters. The zero-order valence-corrected chi connectivity index (χ0v) is 12.4. The van der Waals surface area contributed by atoms with Crippen molar-refractivity contribution >= 4 is 33.5 Å². The number of hydrogen-bond acceptors (Lipinski definition) is 5. The molecular weight excluding hydrogens is 298 g/mol. The number of rotatable bonds is 6. The topological polar surface area (TPSA) is 70.2 Å². The molecule has 100 valence electrons. The number of nitrogens with zero attached hydrogens (tertiary/aromatic N) is 3. The van der Waals surface area contributed by atoms with Crippen molar-refractivity contribution in [2.75, 3.05) is 36.9 Å². The second-order valence-electron chi connectivity index (χ2n) is 3.58. The molecule has 1 amide bonds. The molecule has 0 aliphatic carbocycles. The van der Waals surface area contributed by atoms with Crippen LogP contribution in [0.5, 0.6) is 0 Å². The Bertz CT molecular complexity index is 412. The van der Waals surface area contributed by atoms with Crippen molar-refractivity contribution in [3.8, 4) is 0 Å². The van der Waals surface area contributed by atoms with Gasteiger partial charge in [-0.15, -0.1) is 0 Å². The highest BCUT2D eigenvalue weighted by atomic mass is 79.9. The zero-order valence-electron chi connectivity index (χ0n) is 10.8. The summed E-state index contributed by atoms with van der Waals surface area (Å²) in [6.07, 6.45) is 1.48. The summed E-state index contributed by atoms with van der Waals surface area (Å²) in [4.78, 5) is 21.8. The summed E-state index contributed by atoms with van der Waals surface area (Å²) >= 11 is 3.45. The van der Waals surface area contributed by atoms with E-state index in [9.17, 15) is 4.79 Å². The minimum absolute atomic E-state index is 0.0177. The standard InChI is InChI=1S/C11H18BrN5O/c1-4-14-8(18)6-17(5-2)11-9(12)10(13-3)15-7-16-11/h7H,4-6H2,1-3H3,(H,14,18)(H,13,15,16). The molecule has 1 aromatic rings. The molecule has 0 bridgehead atoms. The first-order valence-electron chi connectivity index (χ1n) is 5.83. The smallest absolute Gasteiger partial charge is 0.239 e. The van der Waals surface area contributed by atoms with Crippen molar-refractivity contribution < 1.29 is 4.79 Å². The van der Waals surface area contributed by atoms with Gasteiger partial charge in [0.05, 0.1) is 6.54 Å². The van der Waals surface area contributed by atoms with E-state index >= 15 is 0 Å². The van der Waals surface area contributed by atoms with Gasteiger partial charge in [-0.2, -0.15) is 0 Å². The number of aromatic nitrogens is 2. The van der Waals surface area contributed by atoms with Crippen molar-refractivity contribution in [2.24, 2.45) is 0 Å². The Hall–Kier alpha value is -1.37. The lowest BCUT2D eigenvalue weighted by Gasteiger charge is -2.22. The summed E-state index contributed by atoms with van der Waals surface area (Å²) < 4.78 is 0.763. The van der Waals surface area contributed by atoms with Crippen LogP contribution >= 0.6 is 15.9 Å². The highest BCUT2D eigenvalue weighted by Crippen LogP contribution is 2.28. The van der Waals surface area contributed by atoms with Crippen molar-refractivity contribution in [2.45, 2.75) is 13.8 Å². The van der Waals surface area contributed by atoms with Crippen molar-refractivity contribution in [3.63, 3.8) is 0 Å². The van der Waals surface area contributed by atoms with E-state index in [0.717, 1.165) is 4.47 Å². The normalized spacial score (nSPS) is 10.0. The Balaban J connectivity index is 2.91. The van der Waals surface area contributed by atoms with Crippen molar-refractivity contribution in [3.05, 3.63) is 10.8 Å². The molecule has 0 aromatic carbocycles. The van der Waals surface area contributed by atoms with E-state index in [4.69, 9.17) is 0 Å². The molecule has 0 radical (unpaired) electrons. The number of amides is 1. The largest absolute Gasteiger partial charge is 0.372 e. The van der Waals surface area contributed by atoms with Crippen LogP contribution < -0.4 is 15.5 Å². The molecule has 0 saturated heterocycles. The monoisotopic (exact) mass is 315 g/mol. The number of carbonyl (C=O) groups excluding carboxylic acids is 1. The lowest BCUT2D eigenvalue weighted by Crippen LogP contribution is -2.37. The van der Waals surface area contributed by atoms with E-state index < -0.39 is 0 Å². The fourth-order valence-corrected chi connectivity index (χ4v) is 2.17. The molecule has 6 nitrogen and oxygen atoms in total. The lowest BCUT2D eigenvalue weighted by molar-refractivity contribution is -0.119. The Labute approximate surface area is 115 Å². The molecule has 0 aliphatic rings. The third kappa shape index (κ3) is 3.56. The van der Waals surface area contributed by atoms with Crippen LogP contribution in [0.15, 0.2) is 10.8 Å². The van der Waals surface area contributed by atoms with Gasteiger partial charge in [0.2, 0.25) is 5.91 Å². The molecule has 1 rings (SSSR count). The first-order valence-corrected chi connectivity index (χ1v) is 6.63. The summed E-state index contributed by atoms with van der Waals surface area (Å²) in [5.41, 5.74) is 0. The number of anilines is 2. The molecule has 7 heteroatoms. The molecule has 0 spiro atoms. The van der Waals surface area contributed by atoms with Gasteiger partial charge in [0.15, 0.2) is 0 Å². The first kappa shape index (κ1) is 14.7. The van der Waals surface area contributed by atoms with Crippen molar-refractivity contribution in [1.82, 2.24) is 15.3 Å². The van der Waals surface area contributed by atoms with Gasteiger partial charge in [-0.1, -0.05) is 0 Å². The number of nitrogens with one attached hydrogen (secondary N) is 2. The van der Waals surface area contributed by atoms with E-state index in [1.165, 1.54) is 6.33 Å². The Kier molecular flexibility index (Phi) is 5.84. The number of halogens is 1. The highest BCUT2D eigenvalue weighted by molar-refractivity contribution is 9.10. The van der Waals surface area contributed by atoms with Crippen LogP contribution in [0, 0.1) is 0 Å². The molecular formula is C11H18BrN5O. The molecule has 0 fully saturated rings. The molecule has 18 heavy (non-hydrogen) atoms. The van der Waals surface area contributed by atoms with E-state index in [0.29, 0.717) is 24.7 Å². The Morgan fingerprint density at radius 3 is 2.72 bits per heavy atom. The first-order chi connectivity index (χ1) is 8.63. The third-order valence-corrected chi connectivity index (χ3v) is 3.13. The minimum atomic E-state index is -0.0177. The molecule has 0 unspecified atom stereocenters. The van der Waals surface area contributed by atoms with Crippen LogP contribution in [0.3, 0.4) is 0 Å². The van der Waals surface area contributed by atoms with Gasteiger partial charge in [0.25, 0.3) is 0 Å². The fourth-order valence-electron chi connectivity index (χ4n) is 1.52. The second-order valence-corrected chi connectivity index (χ2v) is 4.37. The fraction of sp³-hybridized carbons (Fsp3) is 0.545. The summed E-state index contributed by atoms with van der Waals surface area (Å²) in [7, 11) is 1.79. The van der Waals surface area contributed by atoms with Crippen LogP contribution in [0.4, 0.5) is 11.6 Å². The SMILES string of the molecule is CCNC(=O)CN(CC)c1ncnc(NC)c1Br. The molecule has 2 N–H and O–H groups in total. The Morgan fingerprint density at radius 2 is 2.17 bits per heavy atom. The number of likely N-dealkylation sites (N-methyl/N-ethyl adjacent to an activating group) is 2. The molecule has 0 saturated carbocycles. The van der Waals surface area contributed by atoms with Crippen LogP contribution in [0.2, 0.25) is 0 Å². The van der Waals surface area contributed by atoms with Crippen LogP contribution in [-0.4, -0.2) is 42.6 Å². The van der Waals surface area contributed by atoms with Crippen LogP contribution in [0.25, 0.3) is 0 Å². The summed E-state index contributed by atoms with van der Waals surface area (Å²) in [6, 6.07) is 0. The van der Waals surface area contributed by atoms with Gasteiger partial charge in [0.1, 0.15) is 22.4 Å². The number of carbonyl (C=O) groups is 1. The highest BCUT2D eigenvalue weighted by Gasteiger charge is 2.16. The van der Waals surface area contributed by atoms with E-state index in [-0.39, 0.29) is 12.5 Å². The van der Waals surface area contributed by atoms with E-state index in [1.54, 1.807) is 7.05 Å². The maximum Gasteiger partial charge on any atom is 0.239 e. The van der Waals surface area contributed by atoms with E-state index in [1.807, 2.05) is 18.7 Å². The average Bonchev–Trinajstić information content (AvgIpc) is 2.37. The predicted molar refractivity (Wildman–Crippen MR) is 75.8 cm³/mol. The second kappa shape index (κ2) is 7.15. The summed E-state index contributed by atoms with van der Waals surface area (Å²) in [5, 5.41) is 5.74. The van der Waals surface area contributed by atoms with Crippen LogP contribution in [-0.2, 0) is 4.79 Å². The third-order valence-electron chi connectivity index (χ3n) is 2.40. The van der Waals surface area contributed by atoms with Gasteiger partial charge in [-0.25, -0.2) is 9.97 Å². The van der Waals surface area contributed by atoms with E-state index in [2.05, 4.69) is 36.5 Å². The lowest BCUT2D eigenvalue weighted by atomic mass is 10.4. The minimum Gasteiger partial charge on any atom is -0.372 e. The van der Waals surface area contributed by atoms with Crippen LogP contribution in [0.1, 0.15) is 13.8 Å². The summed E-state index contributed by atoms with van der Waals surface area (Å²) in [5.74, 6) is 1.40. The maximum absolute atomic E-state index is 11.6. The predicted octanol–water partition coefficient (Wildman–Crippen LogP) is 1.24. The Morgan fingerprint density at radius 1 is 1.44 bits per heavy atom. The van der Waals surface area contributed by atoms with Gasteiger partial charge >= 0.3 is 0 Å². The molecule has 1 aromatic heterocycles. The van der Waals surface area contributed by atoms with Crippen molar-refractivity contribution in [1.29, 1.82) is 0 Å². The van der Waals surface area contributed by atoms with Gasteiger partial charge in [-0.05, 0) is 29.8 Å². The zero-order chi connectivity index (χ0) is 13.5. The number of hydrogen-bond donors (Lipinski definition) is 2. The quantitative estimate of drug-likeness (QED) is 0.826. The van der Waals surface area contributed by atoms with Gasteiger partial charge in [0, 0.05) is 20.1 Å². The molecule has 0 aliphatic heterocycles. The average molecular weight is 316 g/mol. The maximum atomic E-state index is 11.6. The summed E-state index contributed by atoms with van der Waals surface area (Å²) in [6.45, 7) is 5.48.